The maximum absolute atomic E-state index is 11.9. The van der Waals surface area contributed by atoms with Gasteiger partial charge in [0.25, 0.3) is 0 Å². The Morgan fingerprint density at radius 3 is 2.40 bits per heavy atom. The molecular weight excluding hydrogens is 660 g/mol. The number of benzene rings is 2. The Balaban J connectivity index is 1.31. The molecule has 0 amide bonds. The molecule has 14 heteroatoms. The number of ether oxygens (including phenoxy) is 2. The summed E-state index contributed by atoms with van der Waals surface area (Å²) in [7, 11) is 0.0887. The van der Waals surface area contributed by atoms with E-state index in [1.165, 1.54) is 0 Å². The van der Waals surface area contributed by atoms with Crippen molar-refractivity contribution in [3.05, 3.63) is 59.5 Å². The number of sulfonamides is 1. The molecule has 12 nitrogen and oxygen atoms in total. The molecule has 0 bridgehead atoms. The summed E-state index contributed by atoms with van der Waals surface area (Å²) in [6.45, 7) is 3.64. The molecule has 3 N–H and O–H groups in total. The lowest BCUT2D eigenvalue weighted by Gasteiger charge is -2.45. The fourth-order valence-electron chi connectivity index (χ4n) is 6.06. The van der Waals surface area contributed by atoms with E-state index in [2.05, 4.69) is 58.4 Å². The van der Waals surface area contributed by atoms with E-state index in [9.17, 15) is 8.42 Å². The number of rotatable bonds is 9. The molecule has 0 saturated carbocycles. The minimum atomic E-state index is -3.48. The third-order valence-corrected chi connectivity index (χ3v) is 9.69. The Morgan fingerprint density at radius 1 is 1.00 bits per heavy atom. The third-order valence-electron chi connectivity index (χ3n) is 8.52. The van der Waals surface area contributed by atoms with Crippen molar-refractivity contribution in [3.63, 3.8) is 0 Å². The molecule has 45 heavy (non-hydrogen) atoms. The van der Waals surface area contributed by atoms with Crippen LogP contribution in [0.15, 0.2) is 59.5 Å². The number of hydrogen-bond acceptors (Lipinski definition) is 10. The Hall–Kier alpha value is -3.88. The van der Waals surface area contributed by atoms with E-state index in [0.717, 1.165) is 75.1 Å². The third kappa shape index (κ3) is 7.18. The number of halogens is 1. The van der Waals surface area contributed by atoms with Crippen molar-refractivity contribution in [1.82, 2.24) is 19.7 Å². The van der Waals surface area contributed by atoms with Gasteiger partial charge in [-0.05, 0) is 65.2 Å². The maximum atomic E-state index is 11.9. The quantitative estimate of drug-likeness (QED) is 0.194. The first-order valence-corrected chi connectivity index (χ1v) is 17.5. The zero-order valence-corrected chi connectivity index (χ0v) is 27.9. The standard InChI is InChI=1S/C31H37BrN8O4S/c1-39-20-21(18-34-39)22-16-26(28(43-2)17-27(22)40-12-8-31(9-13-40)10-14-44-15-11-31)36-30-33-19-23(32)29(37-30)35-24-6-4-5-7-25(24)38-45(3,41)42/h4-7,16-20,38H,8-15H2,1-3H3,(H2,33,35,36,37). The number of aryl methyl sites for hydroxylation is 1. The second-order valence-corrected chi connectivity index (χ2v) is 14.2. The molecule has 1 spiro atoms. The molecule has 6 rings (SSSR count). The van der Waals surface area contributed by atoms with Crippen molar-refractivity contribution in [2.45, 2.75) is 25.7 Å². The normalized spacial score (nSPS) is 16.4. The van der Waals surface area contributed by atoms with Crippen molar-refractivity contribution in [2.24, 2.45) is 12.5 Å². The van der Waals surface area contributed by atoms with Crippen molar-refractivity contribution < 1.29 is 17.9 Å². The van der Waals surface area contributed by atoms with Crippen molar-refractivity contribution in [1.29, 1.82) is 0 Å². The number of hydrogen-bond donors (Lipinski definition) is 3. The van der Waals surface area contributed by atoms with Crippen LogP contribution >= 0.6 is 15.9 Å². The molecule has 2 fully saturated rings. The monoisotopic (exact) mass is 696 g/mol. The molecule has 2 aromatic carbocycles. The second kappa shape index (κ2) is 12.9. The summed E-state index contributed by atoms with van der Waals surface area (Å²) in [5, 5.41) is 11.0. The molecule has 238 valence electrons. The van der Waals surface area contributed by atoms with Crippen LogP contribution in [-0.4, -0.2) is 67.8 Å². The minimum Gasteiger partial charge on any atom is -0.494 e. The highest BCUT2D eigenvalue weighted by Gasteiger charge is 2.36. The van der Waals surface area contributed by atoms with E-state index in [1.54, 1.807) is 36.2 Å². The van der Waals surface area contributed by atoms with Gasteiger partial charge in [-0.1, -0.05) is 12.1 Å². The highest BCUT2D eigenvalue weighted by molar-refractivity contribution is 9.10. The van der Waals surface area contributed by atoms with Gasteiger partial charge in [0.05, 0.1) is 41.1 Å². The molecule has 0 aliphatic carbocycles. The predicted octanol–water partition coefficient (Wildman–Crippen LogP) is 5.90. The lowest BCUT2D eigenvalue weighted by Crippen LogP contribution is -2.43. The second-order valence-electron chi connectivity index (χ2n) is 11.6. The van der Waals surface area contributed by atoms with E-state index >= 15 is 0 Å². The lowest BCUT2D eigenvalue weighted by molar-refractivity contribution is 0.00213. The largest absolute Gasteiger partial charge is 0.494 e. The number of nitrogens with one attached hydrogen (secondary N) is 3. The molecule has 2 aliphatic rings. The molecular formula is C31H37BrN8O4S. The lowest BCUT2D eigenvalue weighted by atomic mass is 9.72. The van der Waals surface area contributed by atoms with Crippen molar-refractivity contribution in [3.8, 4) is 16.9 Å². The average Bonchev–Trinajstić information content (AvgIpc) is 3.46. The van der Waals surface area contributed by atoms with Gasteiger partial charge >= 0.3 is 0 Å². The zero-order chi connectivity index (χ0) is 31.6. The van der Waals surface area contributed by atoms with Crippen LogP contribution < -0.4 is 25.0 Å². The molecule has 0 atom stereocenters. The van der Waals surface area contributed by atoms with E-state index in [4.69, 9.17) is 14.5 Å². The van der Waals surface area contributed by atoms with Crippen LogP contribution in [0.3, 0.4) is 0 Å². The molecule has 4 heterocycles. The van der Waals surface area contributed by atoms with Crippen LogP contribution in [0.5, 0.6) is 5.75 Å². The van der Waals surface area contributed by atoms with Crippen LogP contribution in [0.1, 0.15) is 25.7 Å². The number of nitrogens with zero attached hydrogens (tertiary/aromatic N) is 5. The summed E-state index contributed by atoms with van der Waals surface area (Å²) in [6.07, 6.45) is 11.2. The van der Waals surface area contributed by atoms with Crippen LogP contribution in [0.4, 0.5) is 34.5 Å². The zero-order valence-electron chi connectivity index (χ0n) is 25.5. The summed E-state index contributed by atoms with van der Waals surface area (Å²) in [5.74, 6) is 1.44. The van der Waals surface area contributed by atoms with E-state index in [-0.39, 0.29) is 0 Å². The Morgan fingerprint density at radius 2 is 1.73 bits per heavy atom. The molecule has 2 aliphatic heterocycles. The first-order chi connectivity index (χ1) is 21.6. The van der Waals surface area contributed by atoms with Gasteiger partial charge in [0.2, 0.25) is 16.0 Å². The van der Waals surface area contributed by atoms with Crippen LogP contribution in [0, 0.1) is 5.41 Å². The first-order valence-electron chi connectivity index (χ1n) is 14.8. The molecule has 0 radical (unpaired) electrons. The van der Waals surface area contributed by atoms with Crippen molar-refractivity contribution in [2.75, 3.05) is 59.9 Å². The van der Waals surface area contributed by atoms with Crippen molar-refractivity contribution >= 4 is 60.5 Å². The number of para-hydroxylation sites is 2. The SMILES string of the molecule is COc1cc(N2CCC3(CCOCC3)CC2)c(-c2cnn(C)c2)cc1Nc1ncc(Br)c(Nc2ccccc2NS(C)(=O)=O)n1. The Kier molecular flexibility index (Phi) is 8.89. The van der Waals surface area contributed by atoms with Gasteiger partial charge in [0.1, 0.15) is 11.6 Å². The Labute approximate surface area is 271 Å². The van der Waals surface area contributed by atoms with Gasteiger partial charge in [-0.2, -0.15) is 10.1 Å². The summed E-state index contributed by atoms with van der Waals surface area (Å²) >= 11 is 3.51. The molecule has 0 unspecified atom stereocenters. The fourth-order valence-corrected chi connectivity index (χ4v) is 6.93. The van der Waals surface area contributed by atoms with Gasteiger partial charge in [0, 0.05) is 68.6 Å². The summed E-state index contributed by atoms with van der Waals surface area (Å²) in [6, 6.07) is 11.1. The minimum absolute atomic E-state index is 0.330. The van der Waals surface area contributed by atoms with Crippen LogP contribution in [0.25, 0.3) is 11.1 Å². The summed E-state index contributed by atoms with van der Waals surface area (Å²) in [5.41, 5.74) is 5.15. The van der Waals surface area contributed by atoms with Crippen LogP contribution in [-0.2, 0) is 21.8 Å². The number of methoxy groups -OCH3 is 1. The number of aromatic nitrogens is 4. The molecule has 2 aromatic heterocycles. The van der Waals surface area contributed by atoms with E-state index in [1.807, 2.05) is 25.5 Å². The van der Waals surface area contributed by atoms with Gasteiger partial charge in [-0.25, -0.2) is 13.4 Å². The number of piperidine rings is 1. The molecule has 4 aromatic rings. The first kappa shape index (κ1) is 31.1. The van der Waals surface area contributed by atoms with E-state index in [0.29, 0.717) is 44.5 Å². The number of anilines is 6. The average molecular weight is 698 g/mol. The predicted molar refractivity (Wildman–Crippen MR) is 180 cm³/mol. The highest BCUT2D eigenvalue weighted by Crippen LogP contribution is 2.45. The summed E-state index contributed by atoms with van der Waals surface area (Å²) < 4.78 is 40.3. The van der Waals surface area contributed by atoms with Crippen LogP contribution in [0.2, 0.25) is 0 Å². The summed E-state index contributed by atoms with van der Waals surface area (Å²) in [4.78, 5) is 11.6. The smallest absolute Gasteiger partial charge is 0.229 e. The highest BCUT2D eigenvalue weighted by atomic mass is 79.9. The fraction of sp³-hybridized carbons (Fsp3) is 0.387. The van der Waals surface area contributed by atoms with Gasteiger partial charge in [-0.3, -0.25) is 9.40 Å². The Bertz CT molecular complexity index is 1780. The maximum Gasteiger partial charge on any atom is 0.229 e. The molecule has 2 saturated heterocycles. The van der Waals surface area contributed by atoms with Gasteiger partial charge in [0.15, 0.2) is 0 Å². The van der Waals surface area contributed by atoms with Gasteiger partial charge < -0.3 is 25.0 Å². The topological polar surface area (TPSA) is 136 Å². The van der Waals surface area contributed by atoms with E-state index < -0.39 is 10.0 Å². The van der Waals surface area contributed by atoms with Gasteiger partial charge in [-0.15, -0.1) is 0 Å².